The molecule has 86 valence electrons. The lowest BCUT2D eigenvalue weighted by Crippen LogP contribution is -2.33. The number of nitrogen functional groups attached to an aromatic ring is 1. The molecule has 3 nitrogen and oxygen atoms in total. The van der Waals surface area contributed by atoms with Gasteiger partial charge in [0.15, 0.2) is 0 Å². The van der Waals surface area contributed by atoms with Crippen molar-refractivity contribution >= 4 is 23.4 Å². The van der Waals surface area contributed by atoms with Crippen LogP contribution in [0.5, 0.6) is 0 Å². The molecule has 2 rings (SSSR count). The van der Waals surface area contributed by atoms with Crippen molar-refractivity contribution in [3.8, 4) is 0 Å². The van der Waals surface area contributed by atoms with Gasteiger partial charge in [0.1, 0.15) is 0 Å². The summed E-state index contributed by atoms with van der Waals surface area (Å²) in [6.45, 7) is 1.68. The molecule has 4 heteroatoms. The van der Waals surface area contributed by atoms with Gasteiger partial charge in [-0.2, -0.15) is 11.8 Å². The van der Waals surface area contributed by atoms with Crippen molar-refractivity contribution in [3.05, 3.63) is 29.8 Å². The van der Waals surface area contributed by atoms with Gasteiger partial charge in [0.25, 0.3) is 5.91 Å². The van der Waals surface area contributed by atoms with Gasteiger partial charge in [-0.25, -0.2) is 0 Å². The smallest absolute Gasteiger partial charge is 0.255 e. The molecule has 1 amide bonds. The van der Waals surface area contributed by atoms with Crippen molar-refractivity contribution in [3.63, 3.8) is 0 Å². The van der Waals surface area contributed by atoms with E-state index in [1.807, 2.05) is 28.8 Å². The van der Waals surface area contributed by atoms with Crippen LogP contribution in [-0.4, -0.2) is 35.4 Å². The van der Waals surface area contributed by atoms with Crippen molar-refractivity contribution in [2.45, 2.75) is 6.42 Å². The topological polar surface area (TPSA) is 46.3 Å². The lowest BCUT2D eigenvalue weighted by atomic mass is 10.1. The fourth-order valence-electron chi connectivity index (χ4n) is 1.81. The Kier molecular flexibility index (Phi) is 3.72. The van der Waals surface area contributed by atoms with E-state index in [2.05, 4.69) is 0 Å². The number of nitrogens with two attached hydrogens (primary N) is 1. The quantitative estimate of drug-likeness (QED) is 0.757. The van der Waals surface area contributed by atoms with Crippen LogP contribution in [0.2, 0.25) is 0 Å². The van der Waals surface area contributed by atoms with Crippen LogP contribution in [0.3, 0.4) is 0 Å². The third-order valence-electron chi connectivity index (χ3n) is 2.70. The molecule has 0 aromatic heterocycles. The van der Waals surface area contributed by atoms with Gasteiger partial charge in [0.05, 0.1) is 5.56 Å². The predicted octanol–water partition coefficient (Wildman–Crippen LogP) is 1.85. The summed E-state index contributed by atoms with van der Waals surface area (Å²) in [6.07, 6.45) is 1.07. The van der Waals surface area contributed by atoms with Gasteiger partial charge < -0.3 is 10.6 Å². The number of thioether (sulfide) groups is 1. The molecule has 1 saturated heterocycles. The number of benzene rings is 1. The lowest BCUT2D eigenvalue weighted by molar-refractivity contribution is 0.0769. The largest absolute Gasteiger partial charge is 0.398 e. The van der Waals surface area contributed by atoms with Gasteiger partial charge in [-0.3, -0.25) is 4.79 Å². The summed E-state index contributed by atoms with van der Waals surface area (Å²) in [5, 5.41) is 0. The summed E-state index contributed by atoms with van der Waals surface area (Å²) in [7, 11) is 0. The zero-order valence-electron chi connectivity index (χ0n) is 9.19. The molecule has 0 atom stereocenters. The minimum Gasteiger partial charge on any atom is -0.398 e. The third-order valence-corrected chi connectivity index (χ3v) is 3.75. The molecule has 1 aromatic rings. The van der Waals surface area contributed by atoms with Gasteiger partial charge in [0, 0.05) is 24.5 Å². The highest BCUT2D eigenvalue weighted by Gasteiger charge is 2.18. The number of amides is 1. The van der Waals surface area contributed by atoms with Gasteiger partial charge in [-0.15, -0.1) is 0 Å². The Labute approximate surface area is 100.0 Å². The lowest BCUT2D eigenvalue weighted by Gasteiger charge is -2.20. The first-order chi connectivity index (χ1) is 7.79. The van der Waals surface area contributed by atoms with Crippen LogP contribution in [0.25, 0.3) is 0 Å². The number of carbonyl (C=O) groups is 1. The maximum absolute atomic E-state index is 12.2. The zero-order chi connectivity index (χ0) is 11.4. The molecule has 1 fully saturated rings. The monoisotopic (exact) mass is 236 g/mol. The van der Waals surface area contributed by atoms with Crippen molar-refractivity contribution in [2.75, 3.05) is 30.3 Å². The predicted molar refractivity (Wildman–Crippen MR) is 68.7 cm³/mol. The molecular formula is C12H16N2OS. The van der Waals surface area contributed by atoms with E-state index < -0.39 is 0 Å². The number of anilines is 1. The summed E-state index contributed by atoms with van der Waals surface area (Å²) >= 11 is 1.91. The first kappa shape index (κ1) is 11.3. The molecule has 1 aliphatic heterocycles. The van der Waals surface area contributed by atoms with Crippen LogP contribution in [0.15, 0.2) is 24.3 Å². The van der Waals surface area contributed by atoms with Crippen molar-refractivity contribution in [1.82, 2.24) is 4.90 Å². The minimum atomic E-state index is 0.0700. The average Bonchev–Trinajstić information content (AvgIpc) is 2.57. The van der Waals surface area contributed by atoms with E-state index in [-0.39, 0.29) is 5.91 Å². The van der Waals surface area contributed by atoms with Crippen molar-refractivity contribution < 1.29 is 4.79 Å². The first-order valence-corrected chi connectivity index (χ1v) is 6.66. The maximum Gasteiger partial charge on any atom is 0.255 e. The van der Waals surface area contributed by atoms with Crippen LogP contribution in [0, 0.1) is 0 Å². The number of nitrogens with zero attached hydrogens (tertiary/aromatic N) is 1. The van der Waals surface area contributed by atoms with E-state index in [0.29, 0.717) is 11.3 Å². The first-order valence-electron chi connectivity index (χ1n) is 5.50. The molecule has 0 saturated carbocycles. The van der Waals surface area contributed by atoms with Gasteiger partial charge in [-0.05, 0) is 24.3 Å². The highest BCUT2D eigenvalue weighted by molar-refractivity contribution is 7.99. The Balaban J connectivity index is 2.14. The SMILES string of the molecule is Nc1ccccc1C(=O)N1CCCSCC1. The molecule has 0 unspecified atom stereocenters. The molecule has 16 heavy (non-hydrogen) atoms. The van der Waals surface area contributed by atoms with Crippen LogP contribution in [0.1, 0.15) is 16.8 Å². The zero-order valence-corrected chi connectivity index (χ0v) is 10.0. The molecule has 1 aromatic carbocycles. The summed E-state index contributed by atoms with van der Waals surface area (Å²) in [5.74, 6) is 2.24. The van der Waals surface area contributed by atoms with E-state index in [1.54, 1.807) is 12.1 Å². The van der Waals surface area contributed by atoms with E-state index in [4.69, 9.17) is 5.73 Å². The normalized spacial score (nSPS) is 16.9. The molecule has 0 radical (unpaired) electrons. The Bertz CT molecular complexity index is 373. The second-order valence-electron chi connectivity index (χ2n) is 3.85. The third kappa shape index (κ3) is 2.50. The van der Waals surface area contributed by atoms with Gasteiger partial charge in [-0.1, -0.05) is 12.1 Å². The Morgan fingerprint density at radius 2 is 2.06 bits per heavy atom. The Morgan fingerprint density at radius 1 is 1.25 bits per heavy atom. The molecule has 0 bridgehead atoms. The molecule has 0 spiro atoms. The van der Waals surface area contributed by atoms with E-state index in [1.165, 1.54) is 0 Å². The van der Waals surface area contributed by atoms with E-state index in [9.17, 15) is 4.79 Å². The Morgan fingerprint density at radius 3 is 2.88 bits per heavy atom. The highest BCUT2D eigenvalue weighted by Crippen LogP contribution is 2.16. The number of carbonyl (C=O) groups excluding carboxylic acids is 1. The fraction of sp³-hybridized carbons (Fsp3) is 0.417. The van der Waals surface area contributed by atoms with E-state index in [0.717, 1.165) is 31.0 Å². The number of hydrogen-bond acceptors (Lipinski definition) is 3. The number of para-hydroxylation sites is 1. The average molecular weight is 236 g/mol. The molecule has 0 aliphatic carbocycles. The van der Waals surface area contributed by atoms with Crippen LogP contribution < -0.4 is 5.73 Å². The van der Waals surface area contributed by atoms with Crippen LogP contribution in [0.4, 0.5) is 5.69 Å². The molecule has 1 aliphatic rings. The summed E-state index contributed by atoms with van der Waals surface area (Å²) < 4.78 is 0. The number of hydrogen-bond donors (Lipinski definition) is 1. The Hall–Kier alpha value is -1.16. The molecular weight excluding hydrogens is 220 g/mol. The highest BCUT2D eigenvalue weighted by atomic mass is 32.2. The summed E-state index contributed by atoms with van der Waals surface area (Å²) in [4.78, 5) is 14.1. The fourth-order valence-corrected chi connectivity index (χ4v) is 2.70. The summed E-state index contributed by atoms with van der Waals surface area (Å²) in [6, 6.07) is 7.29. The summed E-state index contributed by atoms with van der Waals surface area (Å²) in [5.41, 5.74) is 7.02. The number of rotatable bonds is 1. The van der Waals surface area contributed by atoms with Crippen LogP contribution >= 0.6 is 11.8 Å². The molecule has 1 heterocycles. The van der Waals surface area contributed by atoms with Crippen LogP contribution in [-0.2, 0) is 0 Å². The minimum absolute atomic E-state index is 0.0700. The van der Waals surface area contributed by atoms with E-state index >= 15 is 0 Å². The standard InChI is InChI=1S/C12H16N2OS/c13-11-5-2-1-4-10(11)12(15)14-6-3-8-16-9-7-14/h1-2,4-5H,3,6-9,13H2. The van der Waals surface area contributed by atoms with Gasteiger partial charge >= 0.3 is 0 Å². The second-order valence-corrected chi connectivity index (χ2v) is 5.07. The molecule has 2 N–H and O–H groups in total. The second kappa shape index (κ2) is 5.25. The van der Waals surface area contributed by atoms with Crippen molar-refractivity contribution in [2.24, 2.45) is 0 Å². The van der Waals surface area contributed by atoms with Crippen molar-refractivity contribution in [1.29, 1.82) is 0 Å². The van der Waals surface area contributed by atoms with Gasteiger partial charge in [0.2, 0.25) is 0 Å². The maximum atomic E-state index is 12.2.